The fraction of sp³-hybridized carbons (Fsp3) is 0.167. The minimum Gasteiger partial charge on any atom is -0.457 e. The molecule has 2 nitrogen and oxygen atoms in total. The molecule has 2 aromatic rings. The summed E-state index contributed by atoms with van der Waals surface area (Å²) in [4.78, 5) is 0. The lowest BCUT2D eigenvalue weighted by Crippen LogP contribution is -2.12. The van der Waals surface area contributed by atoms with Gasteiger partial charge in [-0.1, -0.05) is 28.1 Å². The Morgan fingerprint density at radius 3 is 2.69 bits per heavy atom. The molecular weight excluding hydrogens is 334 g/mol. The molecule has 0 aliphatic rings. The largest absolute Gasteiger partial charge is 0.457 e. The molecule has 1 heterocycles. The second-order valence-corrected chi connectivity index (χ2v) is 5.23. The molecule has 0 spiro atoms. The Bertz CT molecular complexity index is 481. The van der Waals surface area contributed by atoms with Crippen LogP contribution in [0.15, 0.2) is 50.2 Å². The first-order chi connectivity index (χ1) is 7.66. The molecule has 16 heavy (non-hydrogen) atoms. The number of rotatable bonds is 3. The first-order valence-corrected chi connectivity index (χ1v) is 6.48. The quantitative estimate of drug-likeness (QED) is 0.912. The highest BCUT2D eigenvalue weighted by molar-refractivity contribution is 9.10. The Kier molecular flexibility index (Phi) is 3.84. The normalized spacial score (nSPS) is 12.7. The SMILES string of the molecule is NC(Cc1cccc(Br)c1)c1ccoc1Br. The fourth-order valence-electron chi connectivity index (χ4n) is 1.60. The Morgan fingerprint density at radius 2 is 2.06 bits per heavy atom. The summed E-state index contributed by atoms with van der Waals surface area (Å²) in [5.41, 5.74) is 8.32. The van der Waals surface area contributed by atoms with E-state index in [1.54, 1.807) is 6.26 Å². The maximum atomic E-state index is 6.12. The predicted octanol–water partition coefficient (Wildman–Crippen LogP) is 4.05. The van der Waals surface area contributed by atoms with E-state index in [1.807, 2.05) is 18.2 Å². The zero-order valence-corrected chi connectivity index (χ0v) is 11.7. The average Bonchev–Trinajstić information content (AvgIpc) is 2.64. The Labute approximate surface area is 111 Å². The van der Waals surface area contributed by atoms with Crippen LogP contribution in [0.4, 0.5) is 0 Å². The van der Waals surface area contributed by atoms with Crippen molar-refractivity contribution in [3.63, 3.8) is 0 Å². The molecule has 0 fully saturated rings. The highest BCUT2D eigenvalue weighted by atomic mass is 79.9. The van der Waals surface area contributed by atoms with Gasteiger partial charge in [0.25, 0.3) is 0 Å². The molecule has 2 rings (SSSR count). The van der Waals surface area contributed by atoms with Gasteiger partial charge in [-0.25, -0.2) is 0 Å². The van der Waals surface area contributed by atoms with Crippen LogP contribution in [0.2, 0.25) is 0 Å². The maximum absolute atomic E-state index is 6.12. The van der Waals surface area contributed by atoms with Gasteiger partial charge in [-0.2, -0.15) is 0 Å². The van der Waals surface area contributed by atoms with Crippen molar-refractivity contribution in [1.29, 1.82) is 0 Å². The molecule has 0 saturated heterocycles. The zero-order chi connectivity index (χ0) is 11.5. The molecule has 1 aromatic carbocycles. The van der Waals surface area contributed by atoms with Crippen molar-refractivity contribution in [2.45, 2.75) is 12.5 Å². The van der Waals surface area contributed by atoms with Crippen molar-refractivity contribution in [3.05, 3.63) is 56.9 Å². The lowest BCUT2D eigenvalue weighted by Gasteiger charge is -2.10. The summed E-state index contributed by atoms with van der Waals surface area (Å²) in [6.45, 7) is 0. The van der Waals surface area contributed by atoms with Crippen LogP contribution < -0.4 is 5.73 Å². The third-order valence-corrected chi connectivity index (χ3v) is 3.53. The van der Waals surface area contributed by atoms with Crippen LogP contribution in [0.25, 0.3) is 0 Å². The first-order valence-electron chi connectivity index (χ1n) is 4.89. The number of hydrogen-bond acceptors (Lipinski definition) is 2. The Morgan fingerprint density at radius 1 is 1.25 bits per heavy atom. The van der Waals surface area contributed by atoms with Gasteiger partial charge >= 0.3 is 0 Å². The Hall–Kier alpha value is -0.580. The van der Waals surface area contributed by atoms with E-state index in [0.717, 1.165) is 21.1 Å². The van der Waals surface area contributed by atoms with Gasteiger partial charge in [0.1, 0.15) is 0 Å². The third kappa shape index (κ3) is 2.75. The van der Waals surface area contributed by atoms with E-state index < -0.39 is 0 Å². The first kappa shape index (κ1) is 11.9. The lowest BCUT2D eigenvalue weighted by molar-refractivity contribution is 0.531. The van der Waals surface area contributed by atoms with Crippen LogP contribution in [0, 0.1) is 0 Å². The predicted molar refractivity (Wildman–Crippen MR) is 71.2 cm³/mol. The number of hydrogen-bond donors (Lipinski definition) is 1. The molecule has 0 amide bonds. The molecule has 2 N–H and O–H groups in total. The van der Waals surface area contributed by atoms with Gasteiger partial charge in [0.15, 0.2) is 4.67 Å². The highest BCUT2D eigenvalue weighted by Crippen LogP contribution is 2.26. The molecule has 1 unspecified atom stereocenters. The van der Waals surface area contributed by atoms with Gasteiger partial charge in [0.2, 0.25) is 0 Å². The second-order valence-electron chi connectivity index (χ2n) is 3.59. The number of nitrogens with two attached hydrogens (primary N) is 1. The zero-order valence-electron chi connectivity index (χ0n) is 8.49. The topological polar surface area (TPSA) is 39.2 Å². The van der Waals surface area contributed by atoms with Crippen molar-refractivity contribution in [1.82, 2.24) is 0 Å². The van der Waals surface area contributed by atoms with Crippen LogP contribution in [-0.4, -0.2) is 0 Å². The summed E-state index contributed by atoms with van der Waals surface area (Å²) in [6, 6.07) is 10.0. The van der Waals surface area contributed by atoms with Crippen LogP contribution >= 0.6 is 31.9 Å². The molecule has 0 saturated carbocycles. The van der Waals surface area contributed by atoms with Gasteiger partial charge in [0.05, 0.1) is 6.26 Å². The minimum absolute atomic E-state index is 0.0533. The summed E-state index contributed by atoms with van der Waals surface area (Å²) in [7, 11) is 0. The maximum Gasteiger partial charge on any atom is 0.173 e. The van der Waals surface area contributed by atoms with Crippen LogP contribution in [0.5, 0.6) is 0 Å². The molecule has 0 radical (unpaired) electrons. The Balaban J connectivity index is 2.14. The molecule has 84 valence electrons. The molecule has 1 atom stereocenters. The molecule has 0 aliphatic heterocycles. The number of halogens is 2. The van der Waals surface area contributed by atoms with Crippen molar-refractivity contribution < 1.29 is 4.42 Å². The van der Waals surface area contributed by atoms with E-state index in [2.05, 4.69) is 44.0 Å². The molecular formula is C12H11Br2NO. The van der Waals surface area contributed by atoms with E-state index in [-0.39, 0.29) is 6.04 Å². The summed E-state index contributed by atoms with van der Waals surface area (Å²) in [5.74, 6) is 0. The van der Waals surface area contributed by atoms with Gasteiger partial charge in [0, 0.05) is 16.1 Å². The lowest BCUT2D eigenvalue weighted by atomic mass is 10.0. The van der Waals surface area contributed by atoms with Gasteiger partial charge in [-0.15, -0.1) is 0 Å². The summed E-state index contributed by atoms with van der Waals surface area (Å²) >= 11 is 6.79. The van der Waals surface area contributed by atoms with Gasteiger partial charge in [-0.3, -0.25) is 0 Å². The monoisotopic (exact) mass is 343 g/mol. The average molecular weight is 345 g/mol. The van der Waals surface area contributed by atoms with Crippen molar-refractivity contribution >= 4 is 31.9 Å². The van der Waals surface area contributed by atoms with Crippen molar-refractivity contribution in [2.24, 2.45) is 5.73 Å². The minimum atomic E-state index is -0.0533. The van der Waals surface area contributed by atoms with Crippen molar-refractivity contribution in [3.8, 4) is 0 Å². The second kappa shape index (κ2) is 5.17. The van der Waals surface area contributed by atoms with E-state index in [1.165, 1.54) is 5.56 Å². The smallest absolute Gasteiger partial charge is 0.173 e. The summed E-state index contributed by atoms with van der Waals surface area (Å²) in [6.07, 6.45) is 2.43. The standard InChI is InChI=1S/C12H11Br2NO/c13-9-3-1-2-8(6-9)7-11(15)10-4-5-16-12(10)14/h1-6,11H,7,15H2. The number of benzene rings is 1. The van der Waals surface area contributed by atoms with E-state index in [0.29, 0.717) is 0 Å². The van der Waals surface area contributed by atoms with Crippen LogP contribution in [-0.2, 0) is 6.42 Å². The van der Waals surface area contributed by atoms with Crippen LogP contribution in [0.1, 0.15) is 17.2 Å². The summed E-state index contributed by atoms with van der Waals surface area (Å²) in [5, 5.41) is 0. The molecule has 4 heteroatoms. The van der Waals surface area contributed by atoms with Crippen molar-refractivity contribution in [2.75, 3.05) is 0 Å². The fourth-order valence-corrected chi connectivity index (χ4v) is 2.58. The van der Waals surface area contributed by atoms with Gasteiger partial charge in [-0.05, 0) is 46.1 Å². The van der Waals surface area contributed by atoms with E-state index >= 15 is 0 Å². The van der Waals surface area contributed by atoms with Crippen LogP contribution in [0.3, 0.4) is 0 Å². The van der Waals surface area contributed by atoms with Gasteiger partial charge < -0.3 is 10.2 Å². The van der Waals surface area contributed by atoms with E-state index in [9.17, 15) is 0 Å². The molecule has 0 bridgehead atoms. The summed E-state index contributed by atoms with van der Waals surface area (Å²) < 4.78 is 6.96. The molecule has 0 aliphatic carbocycles. The number of furan rings is 1. The third-order valence-electron chi connectivity index (χ3n) is 2.39. The van der Waals surface area contributed by atoms with E-state index in [4.69, 9.17) is 10.2 Å². The molecule has 1 aromatic heterocycles. The highest BCUT2D eigenvalue weighted by Gasteiger charge is 2.12.